The number of nitrogens with two attached hydrogens (primary N) is 1. The fourth-order valence-electron chi connectivity index (χ4n) is 1.15. The molecule has 0 spiro atoms. The number of hydrogen-bond acceptors (Lipinski definition) is 4. The van der Waals surface area contributed by atoms with Gasteiger partial charge in [0, 0.05) is 6.92 Å². The van der Waals surface area contributed by atoms with Crippen molar-refractivity contribution >= 4 is 17.7 Å². The number of amides is 3. The third kappa shape index (κ3) is 6.91. The number of hydrogen-bond donors (Lipinski definition) is 4. The van der Waals surface area contributed by atoms with E-state index >= 15 is 0 Å². The molecule has 0 bridgehead atoms. The Kier molecular flexibility index (Phi) is 7.06. The van der Waals surface area contributed by atoms with Gasteiger partial charge in [0.2, 0.25) is 11.8 Å². The number of carbonyl (C=O) groups excluding carboxylic acids is 3. The highest BCUT2D eigenvalue weighted by Crippen LogP contribution is 1.96. The molecule has 0 aromatic carbocycles. The van der Waals surface area contributed by atoms with E-state index < -0.39 is 6.04 Å². The SMILES string of the molecule is CC(=O)NC(CCCN)C(=O)NCC([NH3+])=O. The molecule has 0 aromatic rings. The predicted molar refractivity (Wildman–Crippen MR) is 56.8 cm³/mol. The van der Waals surface area contributed by atoms with E-state index in [9.17, 15) is 14.4 Å². The van der Waals surface area contributed by atoms with Crippen LogP contribution in [-0.4, -0.2) is 36.9 Å². The van der Waals surface area contributed by atoms with E-state index in [2.05, 4.69) is 16.4 Å². The van der Waals surface area contributed by atoms with Gasteiger partial charge in [0.15, 0.2) is 0 Å². The lowest BCUT2D eigenvalue weighted by Crippen LogP contribution is -2.62. The highest BCUT2D eigenvalue weighted by atomic mass is 16.2. The maximum Gasteiger partial charge on any atom is 0.328 e. The van der Waals surface area contributed by atoms with E-state index in [4.69, 9.17) is 5.73 Å². The second kappa shape index (κ2) is 7.77. The molecule has 0 heterocycles. The standard InChI is InChI=1S/C9H18N4O3/c1-6(14)13-7(3-2-4-10)9(16)12-5-8(11)15/h7H,2-5,10H2,1H3,(H2,11,15)(H,12,16)(H,13,14)/p+1. The molecule has 0 aromatic heterocycles. The van der Waals surface area contributed by atoms with Crippen LogP contribution in [0.4, 0.5) is 0 Å². The molecule has 7 nitrogen and oxygen atoms in total. The zero-order chi connectivity index (χ0) is 12.6. The van der Waals surface area contributed by atoms with Crippen LogP contribution in [0.25, 0.3) is 0 Å². The van der Waals surface area contributed by atoms with Crippen LogP contribution in [0.3, 0.4) is 0 Å². The first-order valence-electron chi connectivity index (χ1n) is 5.07. The van der Waals surface area contributed by atoms with Gasteiger partial charge in [-0.1, -0.05) is 0 Å². The molecule has 0 aliphatic rings. The van der Waals surface area contributed by atoms with Crippen molar-refractivity contribution in [3.05, 3.63) is 0 Å². The molecule has 16 heavy (non-hydrogen) atoms. The van der Waals surface area contributed by atoms with Gasteiger partial charge >= 0.3 is 5.91 Å². The molecule has 0 saturated heterocycles. The molecule has 0 aliphatic heterocycles. The second-order valence-electron chi connectivity index (χ2n) is 3.44. The zero-order valence-corrected chi connectivity index (χ0v) is 9.41. The van der Waals surface area contributed by atoms with Crippen molar-refractivity contribution in [3.8, 4) is 0 Å². The Morgan fingerprint density at radius 3 is 2.44 bits per heavy atom. The second-order valence-corrected chi connectivity index (χ2v) is 3.44. The number of carbonyl (C=O) groups is 3. The molecule has 3 amide bonds. The molecular formula is C9H19N4O3+. The highest BCUT2D eigenvalue weighted by Gasteiger charge is 2.19. The first kappa shape index (κ1) is 14.5. The summed E-state index contributed by atoms with van der Waals surface area (Å²) in [5, 5.41) is 4.89. The van der Waals surface area contributed by atoms with Gasteiger partial charge in [0.05, 0.1) is 0 Å². The van der Waals surface area contributed by atoms with Gasteiger partial charge < -0.3 is 16.4 Å². The molecule has 7 heteroatoms. The van der Waals surface area contributed by atoms with Crippen LogP contribution in [0.1, 0.15) is 19.8 Å². The van der Waals surface area contributed by atoms with Crippen molar-refractivity contribution in [2.45, 2.75) is 25.8 Å². The molecule has 1 atom stereocenters. The van der Waals surface area contributed by atoms with Crippen molar-refractivity contribution < 1.29 is 20.1 Å². The van der Waals surface area contributed by atoms with Crippen LogP contribution in [0.5, 0.6) is 0 Å². The van der Waals surface area contributed by atoms with E-state index in [1.165, 1.54) is 6.92 Å². The van der Waals surface area contributed by atoms with Crippen LogP contribution < -0.4 is 22.1 Å². The zero-order valence-electron chi connectivity index (χ0n) is 9.41. The Labute approximate surface area is 93.9 Å². The minimum atomic E-state index is -0.639. The average molecular weight is 231 g/mol. The molecule has 0 saturated carbocycles. The number of quaternary nitrogens is 1. The van der Waals surface area contributed by atoms with Crippen molar-refractivity contribution in [2.24, 2.45) is 5.73 Å². The van der Waals surface area contributed by atoms with Crippen molar-refractivity contribution in [1.29, 1.82) is 0 Å². The Morgan fingerprint density at radius 2 is 2.00 bits per heavy atom. The first-order chi connectivity index (χ1) is 7.47. The lowest BCUT2D eigenvalue weighted by molar-refractivity contribution is -0.304. The summed E-state index contributed by atoms with van der Waals surface area (Å²) < 4.78 is 0. The Morgan fingerprint density at radius 1 is 1.38 bits per heavy atom. The summed E-state index contributed by atoms with van der Waals surface area (Å²) in [6.45, 7) is 1.64. The number of nitrogens with one attached hydrogen (secondary N) is 2. The van der Waals surface area contributed by atoms with Crippen LogP contribution in [-0.2, 0) is 14.4 Å². The predicted octanol–water partition coefficient (Wildman–Crippen LogP) is -2.89. The van der Waals surface area contributed by atoms with Gasteiger partial charge in [-0.05, 0) is 19.4 Å². The summed E-state index contributed by atoms with van der Waals surface area (Å²) in [5.74, 6) is -1.06. The quantitative estimate of drug-likeness (QED) is 0.375. The molecule has 0 radical (unpaired) electrons. The van der Waals surface area contributed by atoms with Crippen LogP contribution in [0.15, 0.2) is 0 Å². The van der Waals surface area contributed by atoms with Crippen molar-refractivity contribution in [1.82, 2.24) is 10.6 Å². The number of rotatable bonds is 7. The summed E-state index contributed by atoms with van der Waals surface area (Å²) in [6, 6.07) is -0.639. The summed E-state index contributed by atoms with van der Waals surface area (Å²) in [5.41, 5.74) is 8.45. The van der Waals surface area contributed by atoms with Crippen molar-refractivity contribution in [2.75, 3.05) is 13.1 Å². The van der Waals surface area contributed by atoms with Gasteiger partial charge in [0.25, 0.3) is 0 Å². The highest BCUT2D eigenvalue weighted by molar-refractivity contribution is 5.88. The average Bonchev–Trinajstić information content (AvgIpc) is 2.20. The van der Waals surface area contributed by atoms with Crippen LogP contribution in [0.2, 0.25) is 0 Å². The fourth-order valence-corrected chi connectivity index (χ4v) is 1.15. The third-order valence-electron chi connectivity index (χ3n) is 1.85. The Hall–Kier alpha value is -1.47. The van der Waals surface area contributed by atoms with E-state index in [-0.39, 0.29) is 24.3 Å². The minimum absolute atomic E-state index is 0.127. The third-order valence-corrected chi connectivity index (χ3v) is 1.85. The maximum absolute atomic E-state index is 11.5. The molecule has 0 rings (SSSR count). The fraction of sp³-hybridized carbons (Fsp3) is 0.667. The van der Waals surface area contributed by atoms with Gasteiger partial charge in [0.1, 0.15) is 12.6 Å². The largest absolute Gasteiger partial charge is 0.345 e. The molecule has 7 N–H and O–H groups in total. The summed E-state index contributed by atoms with van der Waals surface area (Å²) in [6.07, 6.45) is 1.07. The normalized spacial score (nSPS) is 11.7. The lowest BCUT2D eigenvalue weighted by atomic mass is 10.1. The van der Waals surface area contributed by atoms with Crippen LogP contribution in [0, 0.1) is 0 Å². The maximum atomic E-state index is 11.5. The van der Waals surface area contributed by atoms with E-state index in [1.807, 2.05) is 0 Å². The van der Waals surface area contributed by atoms with Gasteiger partial charge in [-0.3, -0.25) is 15.3 Å². The van der Waals surface area contributed by atoms with Gasteiger partial charge in [-0.15, -0.1) is 0 Å². The smallest absolute Gasteiger partial charge is 0.328 e. The van der Waals surface area contributed by atoms with E-state index in [1.54, 1.807) is 0 Å². The topological polar surface area (TPSA) is 129 Å². The van der Waals surface area contributed by atoms with Crippen LogP contribution >= 0.6 is 0 Å². The molecule has 1 unspecified atom stereocenters. The first-order valence-corrected chi connectivity index (χ1v) is 5.07. The minimum Gasteiger partial charge on any atom is -0.345 e. The molecular weight excluding hydrogens is 212 g/mol. The summed E-state index contributed by atoms with van der Waals surface area (Å²) >= 11 is 0. The lowest BCUT2D eigenvalue weighted by Gasteiger charge is -2.16. The Bertz CT molecular complexity index is 267. The summed E-state index contributed by atoms with van der Waals surface area (Å²) in [4.78, 5) is 33.0. The molecule has 0 fully saturated rings. The van der Waals surface area contributed by atoms with Gasteiger partial charge in [-0.25, -0.2) is 4.79 Å². The summed E-state index contributed by atoms with van der Waals surface area (Å²) in [7, 11) is 0. The van der Waals surface area contributed by atoms with E-state index in [0.29, 0.717) is 19.4 Å². The Balaban J connectivity index is 4.19. The van der Waals surface area contributed by atoms with E-state index in [0.717, 1.165) is 0 Å². The molecule has 0 aliphatic carbocycles. The van der Waals surface area contributed by atoms with Crippen molar-refractivity contribution in [3.63, 3.8) is 0 Å². The molecule has 92 valence electrons. The monoisotopic (exact) mass is 231 g/mol. The van der Waals surface area contributed by atoms with Gasteiger partial charge in [-0.2, -0.15) is 0 Å².